The minimum absolute atomic E-state index is 0.310. The van der Waals surface area contributed by atoms with Gasteiger partial charge in [-0.25, -0.2) is 9.67 Å². The Kier molecular flexibility index (Phi) is 2.86. The largest absolute Gasteiger partial charge is 0.302 e. The van der Waals surface area contributed by atoms with E-state index >= 15 is 0 Å². The Hall–Kier alpha value is -1.56. The first-order chi connectivity index (χ1) is 7.31. The molecule has 0 radical (unpaired) electrons. The van der Waals surface area contributed by atoms with E-state index in [1.165, 1.54) is 0 Å². The molecule has 0 aromatic carbocycles. The number of aldehydes is 1. The van der Waals surface area contributed by atoms with Crippen molar-refractivity contribution in [2.24, 2.45) is 0 Å². The Morgan fingerprint density at radius 3 is 2.87 bits per heavy atom. The van der Waals surface area contributed by atoms with Gasteiger partial charge in [0, 0.05) is 6.20 Å². The maximum atomic E-state index is 10.5. The van der Waals surface area contributed by atoms with E-state index in [1.807, 2.05) is 6.07 Å². The highest BCUT2D eigenvalue weighted by Gasteiger charge is 2.06. The van der Waals surface area contributed by atoms with Crippen molar-refractivity contribution in [1.29, 1.82) is 0 Å². The molecule has 0 fully saturated rings. The van der Waals surface area contributed by atoms with Gasteiger partial charge in [-0.3, -0.25) is 0 Å². The van der Waals surface area contributed by atoms with Crippen LogP contribution >= 0.6 is 15.9 Å². The van der Waals surface area contributed by atoms with Crippen LogP contribution in [0.1, 0.15) is 10.4 Å². The van der Waals surface area contributed by atoms with Crippen LogP contribution in [-0.4, -0.2) is 26.3 Å². The van der Waals surface area contributed by atoms with E-state index in [2.05, 4.69) is 31.2 Å². The number of hydrogen-bond donors (Lipinski definition) is 0. The van der Waals surface area contributed by atoms with E-state index in [1.54, 1.807) is 29.3 Å². The van der Waals surface area contributed by atoms with Gasteiger partial charge in [-0.1, -0.05) is 27.2 Å². The van der Waals surface area contributed by atoms with Crippen molar-refractivity contribution in [3.63, 3.8) is 0 Å². The molecule has 1 atom stereocenters. The molecule has 0 aliphatic heterocycles. The van der Waals surface area contributed by atoms with Crippen molar-refractivity contribution in [3.8, 4) is 5.82 Å². The zero-order chi connectivity index (χ0) is 10.7. The number of aromatic nitrogens is 4. The minimum Gasteiger partial charge on any atom is -0.302 e. The molecule has 0 N–H and O–H groups in total. The maximum Gasteiger partial charge on any atom is 0.155 e. The zero-order valence-electron chi connectivity index (χ0n) is 7.62. The zero-order valence-corrected chi connectivity index (χ0v) is 9.20. The fourth-order valence-corrected chi connectivity index (χ4v) is 1.38. The van der Waals surface area contributed by atoms with Crippen LogP contribution in [0.2, 0.25) is 0 Å². The summed E-state index contributed by atoms with van der Waals surface area (Å²) < 4.78 is 1.55. The molecule has 15 heavy (non-hydrogen) atoms. The van der Waals surface area contributed by atoms with Gasteiger partial charge < -0.3 is 4.79 Å². The minimum atomic E-state index is -0.310. The number of nitrogens with zero attached hydrogens (tertiary/aromatic N) is 4. The monoisotopic (exact) mass is 266 g/mol. The van der Waals surface area contributed by atoms with Gasteiger partial charge in [0.25, 0.3) is 0 Å². The lowest BCUT2D eigenvalue weighted by molar-refractivity contribution is -0.107. The third kappa shape index (κ3) is 2.10. The van der Waals surface area contributed by atoms with E-state index in [0.29, 0.717) is 5.82 Å². The van der Waals surface area contributed by atoms with E-state index in [4.69, 9.17) is 0 Å². The predicted octanol–water partition coefficient (Wildman–Crippen LogP) is 1.30. The molecule has 0 bridgehead atoms. The second-order valence-corrected chi connectivity index (χ2v) is 3.82. The van der Waals surface area contributed by atoms with Crippen molar-refractivity contribution in [2.45, 2.75) is 4.83 Å². The van der Waals surface area contributed by atoms with Gasteiger partial charge in [0.1, 0.15) is 6.29 Å². The highest BCUT2D eigenvalue weighted by molar-refractivity contribution is 9.09. The first-order valence-corrected chi connectivity index (χ1v) is 5.15. The Bertz CT molecular complexity index is 440. The van der Waals surface area contributed by atoms with Gasteiger partial charge in [0.05, 0.1) is 17.2 Å². The van der Waals surface area contributed by atoms with Crippen LogP contribution in [0.4, 0.5) is 0 Å². The Morgan fingerprint density at radius 2 is 2.33 bits per heavy atom. The Balaban J connectivity index is 2.28. The van der Waals surface area contributed by atoms with Crippen LogP contribution in [0, 0.1) is 0 Å². The number of rotatable bonds is 3. The number of halogens is 1. The molecule has 0 saturated heterocycles. The van der Waals surface area contributed by atoms with Gasteiger partial charge in [-0.2, -0.15) is 0 Å². The van der Waals surface area contributed by atoms with Gasteiger partial charge >= 0.3 is 0 Å². The molecule has 2 heterocycles. The Labute approximate surface area is 94.3 Å². The maximum absolute atomic E-state index is 10.5. The molecule has 76 valence electrons. The molecule has 0 aliphatic rings. The molecular weight excluding hydrogens is 260 g/mol. The van der Waals surface area contributed by atoms with Crippen LogP contribution in [0.3, 0.4) is 0 Å². The van der Waals surface area contributed by atoms with Crippen molar-refractivity contribution in [1.82, 2.24) is 20.0 Å². The third-order valence-electron chi connectivity index (χ3n) is 1.87. The van der Waals surface area contributed by atoms with Crippen molar-refractivity contribution < 1.29 is 4.79 Å². The second-order valence-electron chi connectivity index (χ2n) is 2.84. The molecular formula is C9H7BrN4O. The lowest BCUT2D eigenvalue weighted by Crippen LogP contribution is -2.00. The smallest absolute Gasteiger partial charge is 0.155 e. The van der Waals surface area contributed by atoms with E-state index in [9.17, 15) is 4.79 Å². The highest BCUT2D eigenvalue weighted by atomic mass is 79.9. The van der Waals surface area contributed by atoms with Crippen molar-refractivity contribution >= 4 is 22.2 Å². The molecule has 2 aromatic heterocycles. The quantitative estimate of drug-likeness (QED) is 0.621. The van der Waals surface area contributed by atoms with Crippen LogP contribution in [0.5, 0.6) is 0 Å². The molecule has 0 amide bonds. The highest BCUT2D eigenvalue weighted by Crippen LogP contribution is 2.19. The molecule has 0 saturated carbocycles. The summed E-state index contributed by atoms with van der Waals surface area (Å²) in [7, 11) is 0. The fourth-order valence-electron chi connectivity index (χ4n) is 1.11. The lowest BCUT2D eigenvalue weighted by Gasteiger charge is -2.03. The van der Waals surface area contributed by atoms with Crippen LogP contribution in [-0.2, 0) is 4.79 Å². The van der Waals surface area contributed by atoms with Crippen LogP contribution < -0.4 is 0 Å². The van der Waals surface area contributed by atoms with E-state index in [0.717, 1.165) is 11.8 Å². The van der Waals surface area contributed by atoms with Gasteiger partial charge in [0.15, 0.2) is 5.82 Å². The predicted molar refractivity (Wildman–Crippen MR) is 56.9 cm³/mol. The molecule has 2 aromatic rings. The number of hydrogen-bond acceptors (Lipinski definition) is 4. The molecule has 1 unspecified atom stereocenters. The summed E-state index contributed by atoms with van der Waals surface area (Å²) in [5.41, 5.74) is 0.814. The van der Waals surface area contributed by atoms with Gasteiger partial charge in [-0.05, 0) is 11.6 Å². The standard InChI is InChI=1S/C9H7BrN4O/c10-8(6-15)7-1-2-9(11-5-7)14-4-3-12-13-14/h1-6,8H. The number of alkyl halides is 1. The summed E-state index contributed by atoms with van der Waals surface area (Å²) in [5.74, 6) is 0.668. The molecule has 6 heteroatoms. The SMILES string of the molecule is O=CC(Br)c1ccc(-n2ccnn2)nc1. The first kappa shape index (κ1) is 9.97. The van der Waals surface area contributed by atoms with Crippen molar-refractivity contribution in [3.05, 3.63) is 36.3 Å². The number of pyridine rings is 1. The average molecular weight is 267 g/mol. The normalized spacial score (nSPS) is 12.3. The Morgan fingerprint density at radius 1 is 1.47 bits per heavy atom. The molecule has 0 spiro atoms. The van der Waals surface area contributed by atoms with E-state index < -0.39 is 0 Å². The molecule has 5 nitrogen and oxygen atoms in total. The summed E-state index contributed by atoms with van der Waals surface area (Å²) in [6.07, 6.45) is 5.72. The van der Waals surface area contributed by atoms with Crippen molar-refractivity contribution in [2.75, 3.05) is 0 Å². The average Bonchev–Trinajstić information content (AvgIpc) is 2.82. The summed E-state index contributed by atoms with van der Waals surface area (Å²) in [5, 5.41) is 7.48. The number of carbonyl (C=O) groups excluding carboxylic acids is 1. The second kappa shape index (κ2) is 4.31. The fraction of sp³-hybridized carbons (Fsp3) is 0.111. The van der Waals surface area contributed by atoms with Crippen LogP contribution in [0.25, 0.3) is 5.82 Å². The third-order valence-corrected chi connectivity index (χ3v) is 2.61. The van der Waals surface area contributed by atoms with Gasteiger partial charge in [0.2, 0.25) is 0 Å². The summed E-state index contributed by atoms with van der Waals surface area (Å²) >= 11 is 3.22. The van der Waals surface area contributed by atoms with Gasteiger partial charge in [-0.15, -0.1) is 5.10 Å². The number of carbonyl (C=O) groups is 1. The lowest BCUT2D eigenvalue weighted by atomic mass is 10.2. The topological polar surface area (TPSA) is 60.7 Å². The summed E-state index contributed by atoms with van der Waals surface area (Å²) in [4.78, 5) is 14.4. The van der Waals surface area contributed by atoms with Crippen LogP contribution in [0.15, 0.2) is 30.7 Å². The summed E-state index contributed by atoms with van der Waals surface area (Å²) in [6.45, 7) is 0. The molecule has 0 aliphatic carbocycles. The first-order valence-electron chi connectivity index (χ1n) is 4.23. The van der Waals surface area contributed by atoms with E-state index in [-0.39, 0.29) is 4.83 Å². The molecule has 2 rings (SSSR count). The summed E-state index contributed by atoms with van der Waals surface area (Å²) in [6, 6.07) is 3.60.